The van der Waals surface area contributed by atoms with E-state index < -0.39 is 5.91 Å². The number of carbonyl (C=O) groups excluding carboxylic acids is 1. The third-order valence-electron chi connectivity index (χ3n) is 3.14. The zero-order chi connectivity index (χ0) is 16.9. The second kappa shape index (κ2) is 7.29. The lowest BCUT2D eigenvalue weighted by Gasteiger charge is -2.09. The van der Waals surface area contributed by atoms with Gasteiger partial charge >= 0.3 is 0 Å². The first kappa shape index (κ1) is 16.2. The Morgan fingerprint density at radius 1 is 0.833 bits per heavy atom. The normalized spacial score (nSPS) is 10.2. The summed E-state index contributed by atoms with van der Waals surface area (Å²) in [5.41, 5.74) is 1.38. The van der Waals surface area contributed by atoms with Crippen molar-refractivity contribution in [3.8, 4) is 0 Å². The molecule has 0 saturated heterocycles. The number of benzene rings is 2. The van der Waals surface area contributed by atoms with E-state index in [1.54, 1.807) is 30.3 Å². The third kappa shape index (κ3) is 3.82. The number of nitrogens with zero attached hydrogens (tertiary/aromatic N) is 2. The first-order chi connectivity index (χ1) is 11.6. The molecule has 0 aliphatic carbocycles. The van der Waals surface area contributed by atoms with Crippen LogP contribution in [0.3, 0.4) is 0 Å². The highest BCUT2D eigenvalue weighted by Crippen LogP contribution is 2.30. The fraction of sp³-hybridized carbons (Fsp3) is 0. The third-order valence-corrected chi connectivity index (χ3v) is 3.77. The van der Waals surface area contributed by atoms with E-state index >= 15 is 0 Å². The van der Waals surface area contributed by atoms with Crippen molar-refractivity contribution in [3.63, 3.8) is 0 Å². The van der Waals surface area contributed by atoms with Crippen LogP contribution in [0, 0.1) is 0 Å². The summed E-state index contributed by atoms with van der Waals surface area (Å²) in [5.74, 6) is 0.0947. The second-order valence-corrected chi connectivity index (χ2v) is 5.66. The molecular weight excluding hydrogens is 347 g/mol. The molecule has 1 amide bonds. The van der Waals surface area contributed by atoms with Gasteiger partial charge in [-0.05, 0) is 36.4 Å². The summed E-state index contributed by atoms with van der Waals surface area (Å²) in [6.45, 7) is 0. The number of anilines is 3. The summed E-state index contributed by atoms with van der Waals surface area (Å²) in [6, 6.07) is 17.8. The molecule has 3 aromatic rings. The average molecular weight is 359 g/mol. The topological polar surface area (TPSA) is 66.9 Å². The molecule has 0 bridgehead atoms. The molecule has 3 rings (SSSR count). The van der Waals surface area contributed by atoms with Gasteiger partial charge in [-0.2, -0.15) is 0 Å². The monoisotopic (exact) mass is 358 g/mol. The summed E-state index contributed by atoms with van der Waals surface area (Å²) < 4.78 is 0. The standard InChI is InChI=1S/C17H12Cl2N4O/c18-12-7-4-8-13(19)16(12)21-17(24)14-9-10-15(23-22-14)20-11-5-2-1-3-6-11/h1-10H,(H,20,23)(H,21,24). The molecule has 5 nitrogen and oxygen atoms in total. The molecule has 1 aromatic heterocycles. The minimum Gasteiger partial charge on any atom is -0.339 e. The van der Waals surface area contributed by atoms with Gasteiger partial charge in [0.15, 0.2) is 11.5 Å². The lowest BCUT2D eigenvalue weighted by atomic mass is 10.3. The summed E-state index contributed by atoms with van der Waals surface area (Å²) >= 11 is 12.1. The van der Waals surface area contributed by atoms with Crippen molar-refractivity contribution in [2.75, 3.05) is 10.6 Å². The van der Waals surface area contributed by atoms with Crippen molar-refractivity contribution in [3.05, 3.63) is 76.4 Å². The summed E-state index contributed by atoms with van der Waals surface area (Å²) in [7, 11) is 0. The molecule has 1 heterocycles. The van der Waals surface area contributed by atoms with Gasteiger partial charge in [-0.3, -0.25) is 4.79 Å². The van der Waals surface area contributed by atoms with Crippen LogP contribution >= 0.6 is 23.2 Å². The van der Waals surface area contributed by atoms with Crippen LogP contribution in [0.4, 0.5) is 17.2 Å². The smallest absolute Gasteiger partial charge is 0.276 e. The molecule has 2 aromatic carbocycles. The Kier molecular flexibility index (Phi) is 4.93. The van der Waals surface area contributed by atoms with Crippen LogP contribution in [0.15, 0.2) is 60.7 Å². The van der Waals surface area contributed by atoms with Crippen molar-refractivity contribution >= 4 is 46.3 Å². The number of hydrogen-bond donors (Lipinski definition) is 2. The fourth-order valence-corrected chi connectivity index (χ4v) is 2.48. The van der Waals surface area contributed by atoms with Crippen molar-refractivity contribution in [2.24, 2.45) is 0 Å². The molecule has 120 valence electrons. The largest absolute Gasteiger partial charge is 0.339 e. The highest BCUT2D eigenvalue weighted by Gasteiger charge is 2.13. The highest BCUT2D eigenvalue weighted by molar-refractivity contribution is 6.39. The fourth-order valence-electron chi connectivity index (χ4n) is 1.98. The lowest BCUT2D eigenvalue weighted by molar-refractivity contribution is 0.102. The van der Waals surface area contributed by atoms with Gasteiger partial charge in [0.1, 0.15) is 0 Å². The molecule has 0 unspecified atom stereocenters. The number of halogens is 2. The van der Waals surface area contributed by atoms with Gasteiger partial charge in [-0.1, -0.05) is 47.5 Å². The highest BCUT2D eigenvalue weighted by atomic mass is 35.5. The average Bonchev–Trinajstić information content (AvgIpc) is 2.60. The van der Waals surface area contributed by atoms with Gasteiger partial charge in [0.25, 0.3) is 5.91 Å². The van der Waals surface area contributed by atoms with Crippen LogP contribution in [0.1, 0.15) is 10.5 Å². The van der Waals surface area contributed by atoms with Crippen LogP contribution in [-0.4, -0.2) is 16.1 Å². The van der Waals surface area contributed by atoms with Gasteiger partial charge < -0.3 is 10.6 Å². The van der Waals surface area contributed by atoms with Gasteiger partial charge in [-0.25, -0.2) is 0 Å². The maximum Gasteiger partial charge on any atom is 0.276 e. The predicted octanol–water partition coefficient (Wildman–Crippen LogP) is 4.78. The lowest BCUT2D eigenvalue weighted by Crippen LogP contribution is -2.15. The number of nitrogens with one attached hydrogen (secondary N) is 2. The zero-order valence-electron chi connectivity index (χ0n) is 12.3. The van der Waals surface area contributed by atoms with Crippen LogP contribution < -0.4 is 10.6 Å². The van der Waals surface area contributed by atoms with Crippen LogP contribution in [0.5, 0.6) is 0 Å². The van der Waals surface area contributed by atoms with E-state index in [0.29, 0.717) is 21.6 Å². The molecule has 0 radical (unpaired) electrons. The SMILES string of the molecule is O=C(Nc1c(Cl)cccc1Cl)c1ccc(Nc2ccccc2)nn1. The van der Waals surface area contributed by atoms with E-state index in [-0.39, 0.29) is 5.69 Å². The van der Waals surface area contributed by atoms with Crippen molar-refractivity contribution in [1.82, 2.24) is 10.2 Å². The molecular formula is C17H12Cl2N4O. The number of amides is 1. The summed E-state index contributed by atoms with van der Waals surface area (Å²) in [5, 5.41) is 14.3. The molecule has 24 heavy (non-hydrogen) atoms. The van der Waals surface area contributed by atoms with Crippen LogP contribution in [-0.2, 0) is 0 Å². The van der Waals surface area contributed by atoms with E-state index in [9.17, 15) is 4.79 Å². The molecule has 0 aliphatic rings. The molecule has 0 fully saturated rings. The van der Waals surface area contributed by atoms with E-state index in [1.807, 2.05) is 30.3 Å². The number of carbonyl (C=O) groups is 1. The first-order valence-corrected chi connectivity index (χ1v) is 7.80. The van der Waals surface area contributed by atoms with Gasteiger partial charge in [0.2, 0.25) is 0 Å². The van der Waals surface area contributed by atoms with Gasteiger partial charge in [0, 0.05) is 5.69 Å². The first-order valence-electron chi connectivity index (χ1n) is 7.04. The molecule has 0 atom stereocenters. The Labute approximate surface area is 148 Å². The van der Waals surface area contributed by atoms with E-state index in [4.69, 9.17) is 23.2 Å². The molecule has 2 N–H and O–H groups in total. The zero-order valence-corrected chi connectivity index (χ0v) is 13.8. The van der Waals surface area contributed by atoms with Crippen LogP contribution in [0.25, 0.3) is 0 Å². The van der Waals surface area contributed by atoms with Gasteiger partial charge in [0.05, 0.1) is 15.7 Å². The number of aromatic nitrogens is 2. The predicted molar refractivity (Wildman–Crippen MR) is 96.2 cm³/mol. The molecule has 0 spiro atoms. The Bertz CT molecular complexity index is 834. The number of para-hydroxylation sites is 2. The van der Waals surface area contributed by atoms with Crippen molar-refractivity contribution < 1.29 is 4.79 Å². The van der Waals surface area contributed by atoms with Crippen molar-refractivity contribution in [1.29, 1.82) is 0 Å². The van der Waals surface area contributed by atoms with E-state index in [0.717, 1.165) is 5.69 Å². The molecule has 0 saturated carbocycles. The number of hydrogen-bond acceptors (Lipinski definition) is 4. The Morgan fingerprint density at radius 2 is 1.54 bits per heavy atom. The number of rotatable bonds is 4. The summed E-state index contributed by atoms with van der Waals surface area (Å²) in [4.78, 5) is 12.2. The van der Waals surface area contributed by atoms with Gasteiger partial charge in [-0.15, -0.1) is 10.2 Å². The van der Waals surface area contributed by atoms with Crippen LogP contribution in [0.2, 0.25) is 10.0 Å². The minimum absolute atomic E-state index is 0.157. The molecule has 7 heteroatoms. The Balaban J connectivity index is 1.72. The Morgan fingerprint density at radius 3 is 2.17 bits per heavy atom. The maximum atomic E-state index is 12.2. The summed E-state index contributed by atoms with van der Waals surface area (Å²) in [6.07, 6.45) is 0. The van der Waals surface area contributed by atoms with E-state index in [1.165, 1.54) is 0 Å². The van der Waals surface area contributed by atoms with E-state index in [2.05, 4.69) is 20.8 Å². The minimum atomic E-state index is -0.441. The Hall–Kier alpha value is -2.63. The molecule has 0 aliphatic heterocycles. The van der Waals surface area contributed by atoms with Crippen molar-refractivity contribution in [2.45, 2.75) is 0 Å². The second-order valence-electron chi connectivity index (χ2n) is 4.85. The maximum absolute atomic E-state index is 12.2. The quantitative estimate of drug-likeness (QED) is 0.704.